The van der Waals surface area contributed by atoms with Gasteiger partial charge in [-0.05, 0) is 37.1 Å². The fraction of sp³-hybridized carbons (Fsp3) is 0.118. The van der Waals surface area contributed by atoms with Crippen molar-refractivity contribution >= 4 is 23.3 Å². The van der Waals surface area contributed by atoms with Crippen LogP contribution in [0.2, 0.25) is 0 Å². The summed E-state index contributed by atoms with van der Waals surface area (Å²) >= 11 is 0. The summed E-state index contributed by atoms with van der Waals surface area (Å²) < 4.78 is 0. The summed E-state index contributed by atoms with van der Waals surface area (Å²) in [4.78, 5) is 11.5. The van der Waals surface area contributed by atoms with Crippen LogP contribution in [0, 0.1) is 13.8 Å². The largest absolute Gasteiger partial charge is 0.478 e. The van der Waals surface area contributed by atoms with E-state index in [0.29, 0.717) is 11.3 Å². The van der Waals surface area contributed by atoms with Crippen molar-refractivity contribution in [3.63, 3.8) is 0 Å². The highest BCUT2D eigenvalue weighted by molar-refractivity contribution is 6.21. The fourth-order valence-electron chi connectivity index (χ4n) is 2.05. The van der Waals surface area contributed by atoms with Gasteiger partial charge in [0.05, 0.1) is 5.57 Å². The van der Waals surface area contributed by atoms with Crippen LogP contribution in [0.3, 0.4) is 0 Å². The summed E-state index contributed by atoms with van der Waals surface area (Å²) in [7, 11) is 0. The first kappa shape index (κ1) is 13.9. The van der Waals surface area contributed by atoms with Gasteiger partial charge in [-0.3, -0.25) is 0 Å². The molecule has 102 valence electrons. The lowest BCUT2D eigenvalue weighted by atomic mass is 9.98. The molecule has 0 aromatic heterocycles. The van der Waals surface area contributed by atoms with Crippen LogP contribution in [-0.2, 0) is 4.79 Å². The van der Waals surface area contributed by atoms with E-state index in [-0.39, 0.29) is 5.57 Å². The molecular weight excluding hydrogens is 250 g/mol. The highest BCUT2D eigenvalue weighted by Gasteiger charge is 2.12. The van der Waals surface area contributed by atoms with E-state index in [1.54, 1.807) is 12.1 Å². The van der Waals surface area contributed by atoms with E-state index in [2.05, 4.69) is 0 Å². The van der Waals surface area contributed by atoms with Crippen molar-refractivity contribution in [2.75, 3.05) is 5.73 Å². The summed E-state index contributed by atoms with van der Waals surface area (Å²) in [6.45, 7) is 3.88. The molecule has 2 aromatic carbocycles. The highest BCUT2D eigenvalue weighted by Crippen LogP contribution is 2.24. The normalized spacial score (nSPS) is 11.4. The average molecular weight is 267 g/mol. The molecule has 0 saturated carbocycles. The van der Waals surface area contributed by atoms with Crippen LogP contribution < -0.4 is 5.73 Å². The van der Waals surface area contributed by atoms with E-state index in [1.165, 1.54) is 0 Å². The second-order valence-corrected chi connectivity index (χ2v) is 4.81. The number of aryl methyl sites for hydroxylation is 2. The van der Waals surface area contributed by atoms with E-state index in [9.17, 15) is 9.90 Å². The Morgan fingerprint density at radius 2 is 1.75 bits per heavy atom. The molecule has 0 aliphatic rings. The van der Waals surface area contributed by atoms with Crippen molar-refractivity contribution in [1.29, 1.82) is 0 Å². The third kappa shape index (κ3) is 2.88. The topological polar surface area (TPSA) is 63.3 Å². The first-order valence-corrected chi connectivity index (χ1v) is 6.36. The molecule has 0 aliphatic carbocycles. The lowest BCUT2D eigenvalue weighted by Gasteiger charge is -2.08. The molecule has 0 radical (unpaired) electrons. The SMILES string of the molecule is Cc1ccc(C(=Cc2c(C)cccc2N)C(=O)O)cc1. The number of carbonyl (C=O) groups is 1. The van der Waals surface area contributed by atoms with E-state index in [0.717, 1.165) is 16.7 Å². The molecular formula is C17H17NO2. The van der Waals surface area contributed by atoms with Gasteiger partial charge in [0.2, 0.25) is 0 Å². The molecule has 0 saturated heterocycles. The zero-order valence-electron chi connectivity index (χ0n) is 11.6. The number of carboxylic acids is 1. The quantitative estimate of drug-likeness (QED) is 0.508. The molecule has 3 N–H and O–H groups in total. The van der Waals surface area contributed by atoms with Gasteiger partial charge in [-0.25, -0.2) is 4.79 Å². The minimum Gasteiger partial charge on any atom is -0.478 e. The Morgan fingerprint density at radius 3 is 2.30 bits per heavy atom. The summed E-state index contributed by atoms with van der Waals surface area (Å²) in [6, 6.07) is 13.0. The number of hydrogen-bond donors (Lipinski definition) is 2. The maximum absolute atomic E-state index is 11.5. The van der Waals surface area contributed by atoms with E-state index >= 15 is 0 Å². The number of carboxylic acid groups (broad SMARTS) is 1. The van der Waals surface area contributed by atoms with Crippen molar-refractivity contribution in [2.24, 2.45) is 0 Å². The lowest BCUT2D eigenvalue weighted by Crippen LogP contribution is -2.01. The fourth-order valence-corrected chi connectivity index (χ4v) is 2.05. The third-order valence-electron chi connectivity index (χ3n) is 3.24. The monoisotopic (exact) mass is 267 g/mol. The highest BCUT2D eigenvalue weighted by atomic mass is 16.4. The molecule has 0 fully saturated rings. The van der Waals surface area contributed by atoms with Crippen LogP contribution in [0.25, 0.3) is 11.6 Å². The molecule has 0 bridgehead atoms. The van der Waals surface area contributed by atoms with Crippen molar-refractivity contribution in [1.82, 2.24) is 0 Å². The van der Waals surface area contributed by atoms with Gasteiger partial charge in [0.15, 0.2) is 0 Å². The Balaban J connectivity index is 2.56. The van der Waals surface area contributed by atoms with Gasteiger partial charge in [-0.1, -0.05) is 42.0 Å². The summed E-state index contributed by atoms with van der Waals surface area (Å²) in [6.07, 6.45) is 1.64. The Kier molecular flexibility index (Phi) is 3.89. The minimum absolute atomic E-state index is 0.242. The predicted molar refractivity (Wildman–Crippen MR) is 82.3 cm³/mol. The van der Waals surface area contributed by atoms with Crippen molar-refractivity contribution in [3.8, 4) is 0 Å². The Hall–Kier alpha value is -2.55. The molecule has 0 spiro atoms. The van der Waals surface area contributed by atoms with Gasteiger partial charge in [-0.2, -0.15) is 0 Å². The second-order valence-electron chi connectivity index (χ2n) is 4.81. The molecule has 0 amide bonds. The third-order valence-corrected chi connectivity index (χ3v) is 3.24. The number of nitrogens with two attached hydrogens (primary N) is 1. The van der Waals surface area contributed by atoms with Crippen LogP contribution >= 0.6 is 0 Å². The number of anilines is 1. The molecule has 20 heavy (non-hydrogen) atoms. The van der Waals surface area contributed by atoms with Crippen molar-refractivity contribution in [2.45, 2.75) is 13.8 Å². The standard InChI is InChI=1S/C17H17NO2/c1-11-6-8-13(9-7-11)15(17(19)20)10-14-12(2)4-3-5-16(14)18/h3-10H,18H2,1-2H3,(H,19,20). The van der Waals surface area contributed by atoms with Gasteiger partial charge in [-0.15, -0.1) is 0 Å². The van der Waals surface area contributed by atoms with E-state index < -0.39 is 5.97 Å². The van der Waals surface area contributed by atoms with Crippen LogP contribution in [0.5, 0.6) is 0 Å². The first-order chi connectivity index (χ1) is 9.49. The molecule has 0 unspecified atom stereocenters. The molecule has 2 aromatic rings. The van der Waals surface area contributed by atoms with Crippen LogP contribution in [0.1, 0.15) is 22.3 Å². The molecule has 3 nitrogen and oxygen atoms in total. The van der Waals surface area contributed by atoms with Crippen LogP contribution in [0.4, 0.5) is 5.69 Å². The maximum Gasteiger partial charge on any atom is 0.336 e. The average Bonchev–Trinajstić information content (AvgIpc) is 2.39. The molecule has 3 heteroatoms. The lowest BCUT2D eigenvalue weighted by molar-refractivity contribution is -0.130. The van der Waals surface area contributed by atoms with Gasteiger partial charge in [0, 0.05) is 11.3 Å². The van der Waals surface area contributed by atoms with E-state index in [4.69, 9.17) is 5.73 Å². The van der Waals surface area contributed by atoms with Gasteiger partial charge >= 0.3 is 5.97 Å². The van der Waals surface area contributed by atoms with Crippen molar-refractivity contribution in [3.05, 3.63) is 64.7 Å². The number of rotatable bonds is 3. The summed E-state index contributed by atoms with van der Waals surface area (Å²) in [5, 5.41) is 9.43. The van der Waals surface area contributed by atoms with Crippen LogP contribution in [-0.4, -0.2) is 11.1 Å². The minimum atomic E-state index is -0.962. The molecule has 0 atom stereocenters. The summed E-state index contributed by atoms with van der Waals surface area (Å²) in [5.41, 5.74) is 10.2. The second kappa shape index (κ2) is 5.61. The molecule has 0 aliphatic heterocycles. The Morgan fingerprint density at radius 1 is 1.10 bits per heavy atom. The van der Waals surface area contributed by atoms with E-state index in [1.807, 2.05) is 50.2 Å². The predicted octanol–water partition coefficient (Wildman–Crippen LogP) is 3.51. The molecule has 0 heterocycles. The van der Waals surface area contributed by atoms with Gasteiger partial charge < -0.3 is 10.8 Å². The van der Waals surface area contributed by atoms with Gasteiger partial charge in [0.25, 0.3) is 0 Å². The van der Waals surface area contributed by atoms with Crippen LogP contribution in [0.15, 0.2) is 42.5 Å². The zero-order valence-corrected chi connectivity index (χ0v) is 11.6. The smallest absolute Gasteiger partial charge is 0.336 e. The first-order valence-electron chi connectivity index (χ1n) is 6.36. The zero-order chi connectivity index (χ0) is 14.7. The van der Waals surface area contributed by atoms with Crippen molar-refractivity contribution < 1.29 is 9.90 Å². The molecule has 2 rings (SSSR count). The summed E-state index contributed by atoms with van der Waals surface area (Å²) in [5.74, 6) is -0.962. The number of nitrogen functional groups attached to an aromatic ring is 1. The number of benzene rings is 2. The Labute approximate surface area is 118 Å². The maximum atomic E-state index is 11.5. The van der Waals surface area contributed by atoms with Gasteiger partial charge in [0.1, 0.15) is 0 Å². The number of hydrogen-bond acceptors (Lipinski definition) is 2. The number of aliphatic carboxylic acids is 1. The Bertz CT molecular complexity index is 650.